The summed E-state index contributed by atoms with van der Waals surface area (Å²) in [6, 6.07) is 0.272. The van der Waals surface area contributed by atoms with Gasteiger partial charge in [-0.3, -0.25) is 9.48 Å². The monoisotopic (exact) mass is 373 g/mol. The molecular formula is C14H20IN3O. The van der Waals surface area contributed by atoms with Crippen LogP contribution < -0.4 is 5.32 Å². The number of nitrogens with zero attached hydrogens (tertiary/aromatic N) is 2. The van der Waals surface area contributed by atoms with Crippen molar-refractivity contribution < 1.29 is 4.79 Å². The lowest BCUT2D eigenvalue weighted by atomic mass is 9.84. The van der Waals surface area contributed by atoms with E-state index >= 15 is 0 Å². The predicted molar refractivity (Wildman–Crippen MR) is 81.8 cm³/mol. The summed E-state index contributed by atoms with van der Waals surface area (Å²) in [5, 5.41) is 7.31. The van der Waals surface area contributed by atoms with Crippen LogP contribution in [0.25, 0.3) is 0 Å². The molecule has 0 radical (unpaired) electrons. The van der Waals surface area contributed by atoms with Gasteiger partial charge in [-0.2, -0.15) is 5.10 Å². The van der Waals surface area contributed by atoms with Gasteiger partial charge in [-0.1, -0.05) is 6.42 Å². The van der Waals surface area contributed by atoms with E-state index in [2.05, 4.69) is 39.9 Å². The summed E-state index contributed by atoms with van der Waals surface area (Å²) in [5.74, 6) is 2.45. The largest absolute Gasteiger partial charge is 0.348 e. The molecule has 0 spiro atoms. The van der Waals surface area contributed by atoms with Gasteiger partial charge >= 0.3 is 0 Å². The SMILES string of the molecule is C[C@H](NC(=O)c1c(I)cnn1C)[C@@H]1C[C@@H]2CC[C@@H]1C2. The van der Waals surface area contributed by atoms with E-state index in [0.717, 1.165) is 15.4 Å². The molecule has 19 heavy (non-hydrogen) atoms. The topological polar surface area (TPSA) is 46.9 Å². The first-order valence-electron chi connectivity index (χ1n) is 7.04. The Balaban J connectivity index is 1.67. The summed E-state index contributed by atoms with van der Waals surface area (Å²) in [4.78, 5) is 12.3. The van der Waals surface area contributed by atoms with Crippen molar-refractivity contribution in [1.82, 2.24) is 15.1 Å². The molecule has 1 heterocycles. The van der Waals surface area contributed by atoms with Crippen molar-refractivity contribution in [3.05, 3.63) is 15.5 Å². The Hall–Kier alpha value is -0.590. The van der Waals surface area contributed by atoms with Crippen LogP contribution in [0.3, 0.4) is 0 Å². The van der Waals surface area contributed by atoms with Crippen molar-refractivity contribution in [2.24, 2.45) is 24.8 Å². The highest BCUT2D eigenvalue weighted by molar-refractivity contribution is 14.1. The predicted octanol–water partition coefficient (Wildman–Crippen LogP) is 2.58. The average Bonchev–Trinajstić information content (AvgIpc) is 3.05. The molecule has 0 saturated heterocycles. The number of hydrogen-bond donors (Lipinski definition) is 1. The zero-order valence-electron chi connectivity index (χ0n) is 11.4. The number of rotatable bonds is 3. The van der Waals surface area contributed by atoms with Gasteiger partial charge in [0.1, 0.15) is 5.69 Å². The summed E-state index contributed by atoms with van der Waals surface area (Å²) in [7, 11) is 1.82. The van der Waals surface area contributed by atoms with E-state index < -0.39 is 0 Å². The molecule has 104 valence electrons. The Kier molecular flexibility index (Phi) is 3.57. The number of amides is 1. The van der Waals surface area contributed by atoms with Crippen LogP contribution >= 0.6 is 22.6 Å². The smallest absolute Gasteiger partial charge is 0.270 e. The Bertz CT molecular complexity index is 479. The van der Waals surface area contributed by atoms with Crippen LogP contribution in [0.1, 0.15) is 43.1 Å². The Labute approximate surface area is 127 Å². The summed E-state index contributed by atoms with van der Waals surface area (Å²) >= 11 is 2.17. The highest BCUT2D eigenvalue weighted by Gasteiger charge is 2.42. The molecule has 0 aliphatic heterocycles. The third-order valence-corrected chi connectivity index (χ3v) is 5.69. The summed E-state index contributed by atoms with van der Waals surface area (Å²) in [6.45, 7) is 2.16. The van der Waals surface area contributed by atoms with Gasteiger partial charge in [-0.25, -0.2) is 0 Å². The van der Waals surface area contributed by atoms with Crippen LogP contribution in [0.4, 0.5) is 0 Å². The minimum atomic E-state index is 0.0136. The third kappa shape index (κ3) is 2.41. The van der Waals surface area contributed by atoms with Crippen molar-refractivity contribution in [2.75, 3.05) is 0 Å². The van der Waals surface area contributed by atoms with E-state index in [0.29, 0.717) is 11.6 Å². The lowest BCUT2D eigenvalue weighted by molar-refractivity contribution is 0.0904. The van der Waals surface area contributed by atoms with Gasteiger partial charge < -0.3 is 5.32 Å². The quantitative estimate of drug-likeness (QED) is 0.828. The maximum absolute atomic E-state index is 12.3. The maximum atomic E-state index is 12.3. The van der Waals surface area contributed by atoms with Gasteiger partial charge in [0.05, 0.1) is 9.77 Å². The Morgan fingerprint density at radius 1 is 1.53 bits per heavy atom. The van der Waals surface area contributed by atoms with Crippen molar-refractivity contribution in [2.45, 2.75) is 38.6 Å². The van der Waals surface area contributed by atoms with E-state index in [1.54, 1.807) is 10.9 Å². The lowest BCUT2D eigenvalue weighted by Gasteiger charge is -2.28. The molecule has 2 fully saturated rings. The number of carbonyl (C=O) groups excluding carboxylic acids is 1. The average molecular weight is 373 g/mol. The number of aryl methyl sites for hydroxylation is 1. The molecular weight excluding hydrogens is 353 g/mol. The van der Waals surface area contributed by atoms with Crippen LogP contribution in [0, 0.1) is 21.3 Å². The molecule has 1 N–H and O–H groups in total. The maximum Gasteiger partial charge on any atom is 0.270 e. The zero-order chi connectivity index (χ0) is 13.6. The van der Waals surface area contributed by atoms with Crippen LogP contribution in [-0.4, -0.2) is 21.7 Å². The first kappa shape index (κ1) is 13.4. The van der Waals surface area contributed by atoms with E-state index in [1.807, 2.05) is 7.05 Å². The summed E-state index contributed by atoms with van der Waals surface area (Å²) in [5.41, 5.74) is 0.676. The standard InChI is InChI=1S/C14H20IN3O/c1-8(11-6-9-3-4-10(11)5-9)17-14(19)13-12(15)7-16-18(13)2/h7-11H,3-6H2,1-2H3,(H,17,19)/t8-,9+,10+,11-/m0/s1. The first-order valence-corrected chi connectivity index (χ1v) is 8.12. The molecule has 1 aromatic rings. The summed E-state index contributed by atoms with van der Waals surface area (Å²) in [6.07, 6.45) is 7.18. The minimum absolute atomic E-state index is 0.0136. The Morgan fingerprint density at radius 2 is 2.32 bits per heavy atom. The second kappa shape index (κ2) is 5.07. The minimum Gasteiger partial charge on any atom is -0.348 e. The van der Waals surface area contributed by atoms with Crippen LogP contribution in [0.2, 0.25) is 0 Å². The normalized spacial score (nSPS) is 30.6. The molecule has 2 aliphatic rings. The first-order chi connectivity index (χ1) is 9.06. The molecule has 4 atom stereocenters. The molecule has 4 nitrogen and oxygen atoms in total. The molecule has 2 aliphatic carbocycles. The van der Waals surface area contributed by atoms with Gasteiger partial charge in [-0.05, 0) is 66.5 Å². The van der Waals surface area contributed by atoms with Gasteiger partial charge in [0.2, 0.25) is 0 Å². The molecule has 0 aromatic carbocycles. The van der Waals surface area contributed by atoms with Crippen molar-refractivity contribution in [3.8, 4) is 0 Å². The van der Waals surface area contributed by atoms with Crippen molar-refractivity contribution in [1.29, 1.82) is 0 Å². The number of aromatic nitrogens is 2. The van der Waals surface area contributed by atoms with E-state index in [4.69, 9.17) is 0 Å². The number of carbonyl (C=O) groups is 1. The second-order valence-corrected chi connectivity index (χ2v) is 7.23. The third-order valence-electron chi connectivity index (χ3n) is 4.90. The highest BCUT2D eigenvalue weighted by Crippen LogP contribution is 2.49. The molecule has 0 unspecified atom stereocenters. The number of hydrogen-bond acceptors (Lipinski definition) is 2. The van der Waals surface area contributed by atoms with Gasteiger partial charge in [0.15, 0.2) is 0 Å². The van der Waals surface area contributed by atoms with Gasteiger partial charge in [0, 0.05) is 13.1 Å². The molecule has 5 heteroatoms. The molecule has 1 amide bonds. The van der Waals surface area contributed by atoms with Gasteiger partial charge in [0.25, 0.3) is 5.91 Å². The zero-order valence-corrected chi connectivity index (χ0v) is 13.6. The van der Waals surface area contributed by atoms with Crippen molar-refractivity contribution in [3.63, 3.8) is 0 Å². The van der Waals surface area contributed by atoms with Crippen LogP contribution in [0.15, 0.2) is 6.20 Å². The van der Waals surface area contributed by atoms with E-state index in [9.17, 15) is 4.79 Å². The van der Waals surface area contributed by atoms with Crippen LogP contribution in [-0.2, 0) is 7.05 Å². The fourth-order valence-corrected chi connectivity index (χ4v) is 4.67. The van der Waals surface area contributed by atoms with Gasteiger partial charge in [-0.15, -0.1) is 0 Å². The fourth-order valence-electron chi connectivity index (χ4n) is 3.95. The number of halogens is 1. The molecule has 1 aromatic heterocycles. The highest BCUT2D eigenvalue weighted by atomic mass is 127. The molecule has 2 saturated carbocycles. The Morgan fingerprint density at radius 3 is 2.84 bits per heavy atom. The number of nitrogens with one attached hydrogen (secondary N) is 1. The fraction of sp³-hybridized carbons (Fsp3) is 0.714. The summed E-state index contributed by atoms with van der Waals surface area (Å²) < 4.78 is 2.57. The van der Waals surface area contributed by atoms with Crippen LogP contribution in [0.5, 0.6) is 0 Å². The van der Waals surface area contributed by atoms with E-state index in [1.165, 1.54) is 25.7 Å². The lowest BCUT2D eigenvalue weighted by Crippen LogP contribution is -2.41. The number of fused-ring (bicyclic) bond motifs is 2. The molecule has 3 rings (SSSR count). The van der Waals surface area contributed by atoms with Crippen molar-refractivity contribution >= 4 is 28.5 Å². The molecule has 2 bridgehead atoms. The second-order valence-electron chi connectivity index (χ2n) is 6.07. The van der Waals surface area contributed by atoms with E-state index in [-0.39, 0.29) is 11.9 Å².